The third-order valence-corrected chi connectivity index (χ3v) is 3.62. The second kappa shape index (κ2) is 6.16. The van der Waals surface area contributed by atoms with Gasteiger partial charge < -0.3 is 5.11 Å². The van der Waals surface area contributed by atoms with E-state index in [1.807, 2.05) is 0 Å². The van der Waals surface area contributed by atoms with Crippen LogP contribution in [0.1, 0.15) is 17.2 Å². The van der Waals surface area contributed by atoms with Crippen LogP contribution in [0.4, 0.5) is 13.2 Å². The minimum atomic E-state index is -1.46. The number of aliphatic hydroxyl groups excluding tert-OH is 1. The Kier molecular flexibility index (Phi) is 4.73. The van der Waals surface area contributed by atoms with Gasteiger partial charge in [-0.2, -0.15) is 0 Å². The molecule has 20 heavy (non-hydrogen) atoms. The first-order chi connectivity index (χ1) is 9.38. The van der Waals surface area contributed by atoms with Crippen molar-refractivity contribution in [2.75, 3.05) is 0 Å². The maximum atomic E-state index is 13.7. The molecular weight excluding hydrogens is 357 g/mol. The standard InChI is InChI=1S/C14H9BrClF3O/c15-8-5-11(18)14(12(19)6-8)13(20)4-7-3-9(17)1-2-10(7)16/h1-3,5-6,13,20H,4H2. The molecule has 0 aliphatic rings. The average molecular weight is 366 g/mol. The summed E-state index contributed by atoms with van der Waals surface area (Å²) >= 11 is 8.81. The molecule has 1 nitrogen and oxygen atoms in total. The summed E-state index contributed by atoms with van der Waals surface area (Å²) in [6, 6.07) is 5.72. The molecule has 0 aromatic heterocycles. The maximum Gasteiger partial charge on any atom is 0.133 e. The number of benzene rings is 2. The molecule has 0 spiro atoms. The first-order valence-electron chi connectivity index (χ1n) is 5.65. The van der Waals surface area contributed by atoms with Crippen LogP contribution in [0.2, 0.25) is 5.02 Å². The highest BCUT2D eigenvalue weighted by Gasteiger charge is 2.20. The van der Waals surface area contributed by atoms with E-state index in [4.69, 9.17) is 11.6 Å². The van der Waals surface area contributed by atoms with Crippen LogP contribution in [0.15, 0.2) is 34.8 Å². The second-order valence-corrected chi connectivity index (χ2v) is 5.56. The largest absolute Gasteiger partial charge is 0.388 e. The van der Waals surface area contributed by atoms with Crippen LogP contribution in [0.3, 0.4) is 0 Å². The second-order valence-electron chi connectivity index (χ2n) is 4.24. The summed E-state index contributed by atoms with van der Waals surface area (Å²) in [5, 5.41) is 10.2. The van der Waals surface area contributed by atoms with Crippen molar-refractivity contribution < 1.29 is 18.3 Å². The molecule has 0 saturated carbocycles. The molecule has 1 N–H and O–H groups in total. The van der Waals surface area contributed by atoms with Crippen molar-refractivity contribution in [3.8, 4) is 0 Å². The normalized spacial score (nSPS) is 12.5. The smallest absolute Gasteiger partial charge is 0.133 e. The minimum Gasteiger partial charge on any atom is -0.388 e. The zero-order chi connectivity index (χ0) is 14.9. The van der Waals surface area contributed by atoms with Gasteiger partial charge in [0, 0.05) is 15.9 Å². The van der Waals surface area contributed by atoms with Crippen molar-refractivity contribution >= 4 is 27.5 Å². The van der Waals surface area contributed by atoms with Crippen molar-refractivity contribution in [3.63, 3.8) is 0 Å². The van der Waals surface area contributed by atoms with Gasteiger partial charge in [0.1, 0.15) is 17.5 Å². The number of hydrogen-bond acceptors (Lipinski definition) is 1. The van der Waals surface area contributed by atoms with Crippen LogP contribution >= 0.6 is 27.5 Å². The van der Waals surface area contributed by atoms with E-state index in [0.717, 1.165) is 18.2 Å². The highest BCUT2D eigenvalue weighted by molar-refractivity contribution is 9.10. The van der Waals surface area contributed by atoms with E-state index in [1.165, 1.54) is 12.1 Å². The van der Waals surface area contributed by atoms with Gasteiger partial charge in [0.05, 0.1) is 11.7 Å². The summed E-state index contributed by atoms with van der Waals surface area (Å²) in [6.45, 7) is 0. The van der Waals surface area contributed by atoms with Crippen molar-refractivity contribution in [2.24, 2.45) is 0 Å². The molecule has 6 heteroatoms. The van der Waals surface area contributed by atoms with Crippen molar-refractivity contribution in [1.29, 1.82) is 0 Å². The van der Waals surface area contributed by atoms with Crippen molar-refractivity contribution in [3.05, 3.63) is 68.4 Å². The molecule has 0 saturated heterocycles. The summed E-state index contributed by atoms with van der Waals surface area (Å²) < 4.78 is 40.8. The van der Waals surface area contributed by atoms with Gasteiger partial charge in [0.25, 0.3) is 0 Å². The van der Waals surface area contributed by atoms with E-state index in [1.54, 1.807) is 0 Å². The van der Waals surface area contributed by atoms with Gasteiger partial charge in [-0.15, -0.1) is 0 Å². The fourth-order valence-corrected chi connectivity index (χ4v) is 2.48. The van der Waals surface area contributed by atoms with Gasteiger partial charge in [0.2, 0.25) is 0 Å². The third-order valence-electron chi connectivity index (χ3n) is 2.80. The van der Waals surface area contributed by atoms with Gasteiger partial charge in [-0.25, -0.2) is 13.2 Å². The zero-order valence-electron chi connectivity index (χ0n) is 10.0. The predicted molar refractivity (Wildman–Crippen MR) is 74.1 cm³/mol. The molecule has 0 fully saturated rings. The number of aliphatic hydroxyl groups is 1. The molecule has 1 unspecified atom stereocenters. The van der Waals surface area contributed by atoms with E-state index >= 15 is 0 Å². The lowest BCUT2D eigenvalue weighted by Crippen LogP contribution is -2.08. The molecule has 0 bridgehead atoms. The molecule has 2 aromatic rings. The highest BCUT2D eigenvalue weighted by atomic mass is 79.9. The predicted octanol–water partition coefficient (Wildman–Crippen LogP) is 4.80. The average Bonchev–Trinajstić information content (AvgIpc) is 2.32. The Morgan fingerprint density at radius 2 is 1.70 bits per heavy atom. The van der Waals surface area contributed by atoms with Gasteiger partial charge in [-0.1, -0.05) is 27.5 Å². The number of hydrogen-bond donors (Lipinski definition) is 1. The molecule has 2 aromatic carbocycles. The lowest BCUT2D eigenvalue weighted by atomic mass is 10.0. The molecule has 1 atom stereocenters. The monoisotopic (exact) mass is 364 g/mol. The summed E-state index contributed by atoms with van der Waals surface area (Å²) in [4.78, 5) is 0. The number of halogens is 5. The molecule has 0 heterocycles. The Morgan fingerprint density at radius 1 is 1.10 bits per heavy atom. The first kappa shape index (κ1) is 15.4. The van der Waals surface area contributed by atoms with E-state index in [2.05, 4.69) is 15.9 Å². The Bertz CT molecular complexity index is 625. The molecule has 2 rings (SSSR count). The van der Waals surface area contributed by atoms with Gasteiger partial charge in [0.15, 0.2) is 0 Å². The quantitative estimate of drug-likeness (QED) is 0.829. The number of rotatable bonds is 3. The summed E-state index contributed by atoms with van der Waals surface area (Å²) in [5.41, 5.74) is -0.186. The van der Waals surface area contributed by atoms with Crippen LogP contribution in [0.25, 0.3) is 0 Å². The van der Waals surface area contributed by atoms with E-state index in [-0.39, 0.29) is 21.5 Å². The fourth-order valence-electron chi connectivity index (χ4n) is 1.88. The third kappa shape index (κ3) is 3.34. The molecule has 0 radical (unpaired) electrons. The molecule has 106 valence electrons. The van der Waals surface area contributed by atoms with Gasteiger partial charge in [-0.05, 0) is 35.9 Å². The molecule has 0 aliphatic carbocycles. The maximum absolute atomic E-state index is 13.7. The summed E-state index contributed by atoms with van der Waals surface area (Å²) in [7, 11) is 0. The lowest BCUT2D eigenvalue weighted by Gasteiger charge is -2.14. The van der Waals surface area contributed by atoms with Crippen LogP contribution in [-0.2, 0) is 6.42 Å². The van der Waals surface area contributed by atoms with Crippen LogP contribution in [0.5, 0.6) is 0 Å². The minimum absolute atomic E-state index is 0.188. The summed E-state index contributed by atoms with van der Waals surface area (Å²) in [5.74, 6) is -2.29. The van der Waals surface area contributed by atoms with Crippen LogP contribution < -0.4 is 0 Å². The fraction of sp³-hybridized carbons (Fsp3) is 0.143. The van der Waals surface area contributed by atoms with E-state index < -0.39 is 29.1 Å². The zero-order valence-corrected chi connectivity index (χ0v) is 12.4. The lowest BCUT2D eigenvalue weighted by molar-refractivity contribution is 0.168. The molecular formula is C14H9BrClF3O. The first-order valence-corrected chi connectivity index (χ1v) is 6.82. The Balaban J connectivity index is 2.33. The van der Waals surface area contributed by atoms with Gasteiger partial charge in [-0.3, -0.25) is 0 Å². The molecule has 0 aliphatic heterocycles. The van der Waals surface area contributed by atoms with Crippen LogP contribution in [-0.4, -0.2) is 5.11 Å². The summed E-state index contributed by atoms with van der Waals surface area (Å²) in [6.07, 6.45) is -1.64. The topological polar surface area (TPSA) is 20.2 Å². The SMILES string of the molecule is OC(Cc1cc(F)ccc1Cl)c1c(F)cc(Br)cc1F. The Morgan fingerprint density at radius 3 is 2.30 bits per heavy atom. The Labute approximate surface area is 127 Å². The highest BCUT2D eigenvalue weighted by Crippen LogP contribution is 2.29. The Hall–Kier alpha value is -1.04. The molecule has 0 amide bonds. The van der Waals surface area contributed by atoms with Crippen molar-refractivity contribution in [1.82, 2.24) is 0 Å². The van der Waals surface area contributed by atoms with E-state index in [0.29, 0.717) is 0 Å². The van der Waals surface area contributed by atoms with E-state index in [9.17, 15) is 18.3 Å². The van der Waals surface area contributed by atoms with Crippen LogP contribution in [0, 0.1) is 17.5 Å². The van der Waals surface area contributed by atoms with Gasteiger partial charge >= 0.3 is 0 Å². The van der Waals surface area contributed by atoms with Crippen molar-refractivity contribution in [2.45, 2.75) is 12.5 Å².